The molecule has 0 aliphatic heterocycles. The van der Waals surface area contributed by atoms with Gasteiger partial charge in [-0.25, -0.2) is 4.98 Å². The summed E-state index contributed by atoms with van der Waals surface area (Å²) in [5, 5.41) is 10.3. The molecule has 0 saturated heterocycles. The third kappa shape index (κ3) is 4.10. The molecule has 0 fully saturated rings. The van der Waals surface area contributed by atoms with Crippen molar-refractivity contribution in [3.8, 4) is 0 Å². The minimum absolute atomic E-state index is 0.0570. The first kappa shape index (κ1) is 13.6. The van der Waals surface area contributed by atoms with Crippen LogP contribution in [0.3, 0.4) is 0 Å². The van der Waals surface area contributed by atoms with Gasteiger partial charge in [-0.3, -0.25) is 9.89 Å². The number of carbonyl (C=O) groups excluding carboxylic acids is 1. The third-order valence-electron chi connectivity index (χ3n) is 2.48. The second kappa shape index (κ2) is 6.38. The fourth-order valence-corrected chi connectivity index (χ4v) is 2.17. The third-order valence-corrected chi connectivity index (χ3v) is 3.33. The predicted molar refractivity (Wildman–Crippen MR) is 76.3 cm³/mol. The van der Waals surface area contributed by atoms with Crippen molar-refractivity contribution in [2.45, 2.75) is 25.4 Å². The molecule has 0 spiro atoms. The highest BCUT2D eigenvalue weighted by molar-refractivity contribution is 7.99. The number of thioether (sulfide) groups is 1. The van der Waals surface area contributed by atoms with Gasteiger partial charge in [-0.1, -0.05) is 30.8 Å². The predicted octanol–water partition coefficient (Wildman–Crippen LogP) is 2.41. The monoisotopic (exact) mass is 276 g/mol. The Bertz CT molecular complexity index is 567. The van der Waals surface area contributed by atoms with E-state index < -0.39 is 0 Å². The van der Waals surface area contributed by atoms with Gasteiger partial charge >= 0.3 is 0 Å². The number of carbonyl (C=O) groups is 1. The van der Waals surface area contributed by atoms with Gasteiger partial charge in [-0.2, -0.15) is 0 Å². The van der Waals surface area contributed by atoms with Crippen molar-refractivity contribution in [1.82, 2.24) is 15.2 Å². The Labute approximate surface area is 116 Å². The summed E-state index contributed by atoms with van der Waals surface area (Å²) in [7, 11) is 0. The zero-order chi connectivity index (χ0) is 13.7. The number of aromatic nitrogens is 3. The average molecular weight is 276 g/mol. The van der Waals surface area contributed by atoms with E-state index in [0.717, 1.165) is 23.5 Å². The van der Waals surface area contributed by atoms with Gasteiger partial charge in [0.1, 0.15) is 5.82 Å². The number of H-pyrrole nitrogens is 1. The fourth-order valence-electron chi connectivity index (χ4n) is 1.55. The highest BCUT2D eigenvalue weighted by atomic mass is 32.2. The second-order valence-corrected chi connectivity index (χ2v) is 5.07. The van der Waals surface area contributed by atoms with Crippen LogP contribution in [-0.4, -0.2) is 26.8 Å². The molecule has 0 bridgehead atoms. The van der Waals surface area contributed by atoms with Gasteiger partial charge < -0.3 is 5.32 Å². The molecule has 0 atom stereocenters. The van der Waals surface area contributed by atoms with Crippen molar-refractivity contribution in [1.29, 1.82) is 0 Å². The Kier molecular flexibility index (Phi) is 4.57. The highest BCUT2D eigenvalue weighted by Gasteiger charge is 2.07. The lowest BCUT2D eigenvalue weighted by Gasteiger charge is -2.04. The van der Waals surface area contributed by atoms with E-state index in [-0.39, 0.29) is 5.91 Å². The van der Waals surface area contributed by atoms with Gasteiger partial charge in [-0.15, -0.1) is 5.10 Å². The molecule has 0 aliphatic carbocycles. The van der Waals surface area contributed by atoms with Crippen molar-refractivity contribution in [2.24, 2.45) is 0 Å². The number of aromatic amines is 1. The molecule has 2 aromatic rings. The number of anilines is 1. The van der Waals surface area contributed by atoms with Crippen molar-refractivity contribution < 1.29 is 4.79 Å². The Hall–Kier alpha value is -1.82. The summed E-state index contributed by atoms with van der Waals surface area (Å²) >= 11 is 1.32. The van der Waals surface area contributed by atoms with Gasteiger partial charge in [0.15, 0.2) is 0 Å². The maximum Gasteiger partial charge on any atom is 0.234 e. The molecule has 0 radical (unpaired) electrons. The Morgan fingerprint density at radius 1 is 1.47 bits per heavy atom. The number of rotatable bonds is 5. The summed E-state index contributed by atoms with van der Waals surface area (Å²) in [4.78, 5) is 16.0. The summed E-state index contributed by atoms with van der Waals surface area (Å²) < 4.78 is 0. The number of hydrogen-bond donors (Lipinski definition) is 2. The molecule has 0 saturated carbocycles. The number of benzene rings is 1. The molecule has 5 nitrogen and oxygen atoms in total. The molecule has 2 N–H and O–H groups in total. The summed E-state index contributed by atoms with van der Waals surface area (Å²) in [6.45, 7) is 3.99. The van der Waals surface area contributed by atoms with Crippen molar-refractivity contribution in [3.63, 3.8) is 0 Å². The number of nitrogens with zero attached hydrogens (tertiary/aromatic N) is 2. The topological polar surface area (TPSA) is 70.7 Å². The first-order valence-electron chi connectivity index (χ1n) is 6.08. The zero-order valence-corrected chi connectivity index (χ0v) is 11.8. The van der Waals surface area contributed by atoms with Crippen LogP contribution in [-0.2, 0) is 11.2 Å². The summed E-state index contributed by atoms with van der Waals surface area (Å²) in [6.07, 6.45) is 0.809. The molecule has 1 aromatic heterocycles. The normalized spacial score (nSPS) is 10.4. The van der Waals surface area contributed by atoms with Gasteiger partial charge in [0.25, 0.3) is 0 Å². The van der Waals surface area contributed by atoms with E-state index in [1.54, 1.807) is 0 Å². The quantitative estimate of drug-likeness (QED) is 0.823. The van der Waals surface area contributed by atoms with Crippen LogP contribution >= 0.6 is 11.8 Å². The number of aryl methyl sites for hydroxylation is 2. The first-order chi connectivity index (χ1) is 9.17. The van der Waals surface area contributed by atoms with E-state index in [9.17, 15) is 4.79 Å². The fraction of sp³-hybridized carbons (Fsp3) is 0.308. The van der Waals surface area contributed by atoms with Crippen molar-refractivity contribution in [3.05, 3.63) is 35.7 Å². The maximum atomic E-state index is 11.8. The molecule has 2 rings (SSSR count). The molecule has 100 valence electrons. The molecule has 0 aliphatic rings. The standard InChI is InChI=1S/C13H16N4OS/c1-3-11-15-13(17-16-11)19-8-12(18)14-10-6-4-5-9(2)7-10/h4-7H,3,8H2,1-2H3,(H,14,18)(H,15,16,17). The summed E-state index contributed by atoms with van der Waals surface area (Å²) in [5.41, 5.74) is 1.93. The van der Waals surface area contributed by atoms with E-state index >= 15 is 0 Å². The molecule has 6 heteroatoms. The minimum Gasteiger partial charge on any atom is -0.325 e. The van der Waals surface area contributed by atoms with Crippen LogP contribution in [0.5, 0.6) is 0 Å². The smallest absolute Gasteiger partial charge is 0.234 e. The Morgan fingerprint density at radius 3 is 3.00 bits per heavy atom. The summed E-state index contributed by atoms with van der Waals surface area (Å²) in [6, 6.07) is 7.72. The number of hydrogen-bond acceptors (Lipinski definition) is 4. The summed E-state index contributed by atoms with van der Waals surface area (Å²) in [5.74, 6) is 1.08. The Morgan fingerprint density at radius 2 is 2.32 bits per heavy atom. The van der Waals surface area contributed by atoms with Crippen LogP contribution in [0.1, 0.15) is 18.3 Å². The largest absolute Gasteiger partial charge is 0.325 e. The van der Waals surface area contributed by atoms with Crippen molar-refractivity contribution >= 4 is 23.4 Å². The van der Waals surface area contributed by atoms with Crippen molar-refractivity contribution in [2.75, 3.05) is 11.1 Å². The Balaban J connectivity index is 1.84. The van der Waals surface area contributed by atoms with E-state index in [2.05, 4.69) is 20.5 Å². The molecular formula is C13H16N4OS. The molecule has 1 heterocycles. The van der Waals surface area contributed by atoms with Crippen LogP contribution in [0.25, 0.3) is 0 Å². The average Bonchev–Trinajstić information content (AvgIpc) is 2.84. The van der Waals surface area contributed by atoms with Gasteiger partial charge in [0, 0.05) is 12.1 Å². The van der Waals surface area contributed by atoms with E-state index in [1.807, 2.05) is 38.1 Å². The van der Waals surface area contributed by atoms with Gasteiger partial charge in [0.05, 0.1) is 5.75 Å². The van der Waals surface area contributed by atoms with E-state index in [0.29, 0.717) is 10.9 Å². The van der Waals surface area contributed by atoms with Crippen LogP contribution < -0.4 is 5.32 Å². The molecule has 1 amide bonds. The van der Waals surface area contributed by atoms with E-state index in [4.69, 9.17) is 0 Å². The first-order valence-corrected chi connectivity index (χ1v) is 7.06. The van der Waals surface area contributed by atoms with Crippen LogP contribution in [0.15, 0.2) is 29.4 Å². The lowest BCUT2D eigenvalue weighted by molar-refractivity contribution is -0.113. The molecule has 0 unspecified atom stereocenters. The molecular weight excluding hydrogens is 260 g/mol. The van der Waals surface area contributed by atoms with Crippen LogP contribution in [0.2, 0.25) is 0 Å². The zero-order valence-electron chi connectivity index (χ0n) is 10.9. The van der Waals surface area contributed by atoms with E-state index in [1.165, 1.54) is 11.8 Å². The van der Waals surface area contributed by atoms with Crippen LogP contribution in [0, 0.1) is 6.92 Å². The SMILES string of the molecule is CCc1nc(SCC(=O)Nc2cccc(C)c2)n[nH]1. The van der Waals surface area contributed by atoms with Crippen LogP contribution in [0.4, 0.5) is 5.69 Å². The second-order valence-electron chi connectivity index (χ2n) is 4.12. The molecule has 19 heavy (non-hydrogen) atoms. The highest BCUT2D eigenvalue weighted by Crippen LogP contribution is 2.14. The minimum atomic E-state index is -0.0570. The van der Waals surface area contributed by atoms with Gasteiger partial charge in [0.2, 0.25) is 11.1 Å². The molecule has 1 aromatic carbocycles. The number of amides is 1. The lowest BCUT2D eigenvalue weighted by Crippen LogP contribution is -2.14. The lowest BCUT2D eigenvalue weighted by atomic mass is 10.2. The number of nitrogens with one attached hydrogen (secondary N) is 2. The maximum absolute atomic E-state index is 11.8. The van der Waals surface area contributed by atoms with Gasteiger partial charge in [-0.05, 0) is 24.6 Å².